The fraction of sp³-hybridized carbons (Fsp3) is 0.875. The van der Waals surface area contributed by atoms with E-state index in [0.717, 1.165) is 19.4 Å². The van der Waals surface area contributed by atoms with Crippen LogP contribution in [0.3, 0.4) is 0 Å². The van der Waals surface area contributed by atoms with Crippen molar-refractivity contribution < 1.29 is 4.74 Å². The van der Waals surface area contributed by atoms with Gasteiger partial charge in [0.1, 0.15) is 0 Å². The molecule has 2 rings (SSSR count). The summed E-state index contributed by atoms with van der Waals surface area (Å²) in [5.41, 5.74) is 0. The molecule has 1 aliphatic heterocycles. The number of alkyl halides is 1. The molecule has 1 aliphatic rings. The van der Waals surface area contributed by atoms with Crippen LogP contribution >= 0.6 is 11.6 Å². The Morgan fingerprint density at radius 3 is 3.21 bits per heavy atom. The van der Waals surface area contributed by atoms with E-state index in [4.69, 9.17) is 16.3 Å². The molecular weight excluding hydrogens is 204 g/mol. The van der Waals surface area contributed by atoms with Crippen molar-refractivity contribution in [2.45, 2.75) is 37.8 Å². The number of hydrogen-bond acceptors (Lipinski definition) is 4. The molecule has 0 amide bonds. The van der Waals surface area contributed by atoms with Crippen molar-refractivity contribution in [1.29, 1.82) is 0 Å². The molecule has 0 bridgehead atoms. The first-order chi connectivity index (χ1) is 6.83. The first-order valence-corrected chi connectivity index (χ1v) is 5.30. The van der Waals surface area contributed by atoms with E-state index in [2.05, 4.69) is 22.4 Å². The van der Waals surface area contributed by atoms with E-state index in [1.807, 2.05) is 0 Å². The van der Waals surface area contributed by atoms with Gasteiger partial charge < -0.3 is 4.74 Å². The van der Waals surface area contributed by atoms with Crippen LogP contribution < -0.4 is 0 Å². The summed E-state index contributed by atoms with van der Waals surface area (Å²) in [5, 5.41) is 11.4. The summed E-state index contributed by atoms with van der Waals surface area (Å²) in [4.78, 5) is 0. The summed E-state index contributed by atoms with van der Waals surface area (Å²) in [6, 6.07) is 0.168. The molecule has 1 aromatic rings. The molecule has 5 nitrogen and oxygen atoms in total. The molecule has 1 saturated heterocycles. The zero-order valence-electron chi connectivity index (χ0n) is 8.06. The fourth-order valence-electron chi connectivity index (χ4n) is 1.76. The summed E-state index contributed by atoms with van der Waals surface area (Å²) < 4.78 is 7.33. The molecule has 0 spiro atoms. The molecule has 1 aromatic heterocycles. The van der Waals surface area contributed by atoms with Crippen LogP contribution in [0, 0.1) is 0 Å². The molecule has 2 atom stereocenters. The highest BCUT2D eigenvalue weighted by Crippen LogP contribution is 2.24. The van der Waals surface area contributed by atoms with Crippen molar-refractivity contribution in [3.8, 4) is 0 Å². The number of tetrazole rings is 1. The normalized spacial score (nSPS) is 24.0. The summed E-state index contributed by atoms with van der Waals surface area (Å²) >= 11 is 5.72. The Morgan fingerprint density at radius 1 is 1.71 bits per heavy atom. The summed E-state index contributed by atoms with van der Waals surface area (Å²) in [5.74, 6) is 1.04. The second-order valence-corrected chi connectivity index (χ2v) is 3.73. The van der Waals surface area contributed by atoms with Gasteiger partial charge in [0.05, 0.1) is 18.0 Å². The van der Waals surface area contributed by atoms with Gasteiger partial charge in [0.15, 0.2) is 5.82 Å². The van der Waals surface area contributed by atoms with Crippen molar-refractivity contribution in [1.82, 2.24) is 20.2 Å². The van der Waals surface area contributed by atoms with Crippen LogP contribution in [0.15, 0.2) is 0 Å². The third-order valence-electron chi connectivity index (χ3n) is 2.57. The standard InChI is InChI=1S/C8H13ClN4O/c1-6(7-3-2-4-14-7)13-8(5-9)10-11-12-13/h6-7H,2-5H2,1H3. The second kappa shape index (κ2) is 4.23. The van der Waals surface area contributed by atoms with E-state index in [1.54, 1.807) is 4.68 Å². The quantitative estimate of drug-likeness (QED) is 0.712. The van der Waals surface area contributed by atoms with Crippen molar-refractivity contribution in [2.24, 2.45) is 0 Å². The molecule has 1 fully saturated rings. The summed E-state index contributed by atoms with van der Waals surface area (Å²) in [6.07, 6.45) is 2.41. The maximum atomic E-state index is 5.72. The number of aromatic nitrogens is 4. The van der Waals surface area contributed by atoms with Gasteiger partial charge >= 0.3 is 0 Å². The second-order valence-electron chi connectivity index (χ2n) is 3.47. The molecule has 0 aromatic carbocycles. The van der Waals surface area contributed by atoms with Gasteiger partial charge in [-0.05, 0) is 30.2 Å². The molecule has 14 heavy (non-hydrogen) atoms. The summed E-state index contributed by atoms with van der Waals surface area (Å²) in [7, 11) is 0. The first-order valence-electron chi connectivity index (χ1n) is 4.77. The third kappa shape index (κ3) is 1.74. The Morgan fingerprint density at radius 2 is 2.57 bits per heavy atom. The molecule has 78 valence electrons. The van der Waals surface area contributed by atoms with Gasteiger partial charge in [-0.2, -0.15) is 0 Å². The Bertz CT molecular complexity index is 297. The highest BCUT2D eigenvalue weighted by molar-refractivity contribution is 6.16. The molecule has 6 heteroatoms. The van der Waals surface area contributed by atoms with E-state index < -0.39 is 0 Å². The lowest BCUT2D eigenvalue weighted by molar-refractivity contribution is 0.0676. The Labute approximate surface area is 87.4 Å². The molecule has 2 unspecified atom stereocenters. The third-order valence-corrected chi connectivity index (χ3v) is 2.81. The van der Waals surface area contributed by atoms with E-state index in [9.17, 15) is 0 Å². The van der Waals surface area contributed by atoms with Crippen molar-refractivity contribution >= 4 is 11.6 Å². The molecule has 2 heterocycles. The van der Waals surface area contributed by atoms with E-state index in [1.165, 1.54) is 0 Å². The van der Waals surface area contributed by atoms with Gasteiger partial charge in [0, 0.05) is 6.61 Å². The van der Waals surface area contributed by atoms with E-state index in [0.29, 0.717) is 11.7 Å². The van der Waals surface area contributed by atoms with Crippen LogP contribution in [0.5, 0.6) is 0 Å². The predicted molar refractivity (Wildman–Crippen MR) is 51.1 cm³/mol. The molecule has 0 N–H and O–H groups in total. The van der Waals surface area contributed by atoms with Crippen molar-refractivity contribution in [3.05, 3.63) is 5.82 Å². The van der Waals surface area contributed by atoms with Crippen LogP contribution in [0.4, 0.5) is 0 Å². The lowest BCUT2D eigenvalue weighted by atomic mass is 10.1. The first kappa shape index (κ1) is 9.86. The van der Waals surface area contributed by atoms with Gasteiger partial charge in [-0.25, -0.2) is 4.68 Å². The lowest BCUT2D eigenvalue weighted by Gasteiger charge is -2.18. The van der Waals surface area contributed by atoms with Gasteiger partial charge in [0.25, 0.3) is 0 Å². The minimum Gasteiger partial charge on any atom is -0.376 e. The van der Waals surface area contributed by atoms with Crippen molar-refractivity contribution in [2.75, 3.05) is 6.61 Å². The van der Waals surface area contributed by atoms with Crippen LogP contribution in [-0.2, 0) is 10.6 Å². The van der Waals surface area contributed by atoms with E-state index >= 15 is 0 Å². The minimum absolute atomic E-state index is 0.168. The van der Waals surface area contributed by atoms with Crippen LogP contribution in [0.1, 0.15) is 31.6 Å². The topological polar surface area (TPSA) is 52.8 Å². The largest absolute Gasteiger partial charge is 0.376 e. The van der Waals surface area contributed by atoms with Crippen LogP contribution in [-0.4, -0.2) is 32.9 Å². The fourth-order valence-corrected chi connectivity index (χ4v) is 1.93. The highest BCUT2D eigenvalue weighted by atomic mass is 35.5. The maximum Gasteiger partial charge on any atom is 0.166 e. The maximum absolute atomic E-state index is 5.72. The van der Waals surface area contributed by atoms with Gasteiger partial charge in [-0.15, -0.1) is 16.7 Å². The zero-order chi connectivity index (χ0) is 9.97. The smallest absolute Gasteiger partial charge is 0.166 e. The number of nitrogens with zero attached hydrogens (tertiary/aromatic N) is 4. The van der Waals surface area contributed by atoms with Crippen LogP contribution in [0.25, 0.3) is 0 Å². The zero-order valence-corrected chi connectivity index (χ0v) is 8.81. The molecule has 0 radical (unpaired) electrons. The van der Waals surface area contributed by atoms with Gasteiger partial charge in [0.2, 0.25) is 0 Å². The van der Waals surface area contributed by atoms with Gasteiger partial charge in [-0.1, -0.05) is 0 Å². The lowest BCUT2D eigenvalue weighted by Crippen LogP contribution is -2.23. The average molecular weight is 217 g/mol. The molecular formula is C8H13ClN4O. The Hall–Kier alpha value is -0.680. The highest BCUT2D eigenvalue weighted by Gasteiger charge is 2.26. The van der Waals surface area contributed by atoms with E-state index in [-0.39, 0.29) is 12.1 Å². The summed E-state index contributed by atoms with van der Waals surface area (Å²) in [6.45, 7) is 2.90. The number of halogens is 1. The number of rotatable bonds is 3. The Kier molecular flexibility index (Phi) is 2.98. The molecule has 0 aliphatic carbocycles. The van der Waals surface area contributed by atoms with Crippen LogP contribution in [0.2, 0.25) is 0 Å². The number of ether oxygens (including phenoxy) is 1. The minimum atomic E-state index is 0.168. The molecule has 0 saturated carbocycles. The van der Waals surface area contributed by atoms with Crippen molar-refractivity contribution in [3.63, 3.8) is 0 Å². The Balaban J connectivity index is 2.12. The SMILES string of the molecule is CC(C1CCCO1)n1nnnc1CCl. The monoisotopic (exact) mass is 216 g/mol. The number of hydrogen-bond donors (Lipinski definition) is 0. The average Bonchev–Trinajstić information content (AvgIpc) is 2.87. The van der Waals surface area contributed by atoms with Gasteiger partial charge in [-0.3, -0.25) is 0 Å². The predicted octanol–water partition coefficient (Wildman–Crippen LogP) is 1.15.